The van der Waals surface area contributed by atoms with E-state index in [4.69, 9.17) is 5.11 Å². The summed E-state index contributed by atoms with van der Waals surface area (Å²) in [6, 6.07) is 0. The lowest BCUT2D eigenvalue weighted by Gasteiger charge is -1.92. The maximum Gasteiger partial charge on any atom is 0.230 e. The molecule has 1 rings (SSSR count). The zero-order chi connectivity index (χ0) is 7.94. The highest BCUT2D eigenvalue weighted by molar-refractivity contribution is 7.99. The average molecular weight is 174 g/mol. The molecular weight excluding hydrogens is 164 g/mol. The predicted molar refractivity (Wildman–Crippen MR) is 41.2 cm³/mol. The third kappa shape index (κ3) is 3.33. The van der Waals surface area contributed by atoms with Crippen molar-refractivity contribution in [3.63, 3.8) is 0 Å². The summed E-state index contributed by atoms with van der Waals surface area (Å²) in [4.78, 5) is 0. The summed E-state index contributed by atoms with van der Waals surface area (Å²) in [6.07, 6.45) is 1.82. The van der Waals surface area contributed by atoms with Gasteiger partial charge < -0.3 is 5.11 Å². The third-order valence-electron chi connectivity index (χ3n) is 1.11. The first-order valence-electron chi connectivity index (χ1n) is 3.40. The van der Waals surface area contributed by atoms with Crippen LogP contribution in [0.4, 0.5) is 0 Å². The van der Waals surface area contributed by atoms with Gasteiger partial charge in [-0.05, 0) is 18.1 Å². The van der Waals surface area contributed by atoms with Crippen molar-refractivity contribution >= 4 is 11.8 Å². The Morgan fingerprint density at radius 1 is 1.45 bits per heavy atom. The topological polar surface area (TPSA) is 74.7 Å². The van der Waals surface area contributed by atoms with Crippen LogP contribution in [0, 0.1) is 0 Å². The van der Waals surface area contributed by atoms with Gasteiger partial charge in [-0.2, -0.15) is 5.21 Å². The highest BCUT2D eigenvalue weighted by atomic mass is 32.2. The number of rotatable bonds is 5. The highest BCUT2D eigenvalue weighted by Gasteiger charge is 1.96. The summed E-state index contributed by atoms with van der Waals surface area (Å²) in [5.41, 5.74) is 0. The summed E-state index contributed by atoms with van der Waals surface area (Å²) in [5.74, 6) is 0.931. The summed E-state index contributed by atoms with van der Waals surface area (Å²) in [5, 5.41) is 22.5. The molecule has 0 atom stereocenters. The number of aromatic nitrogens is 4. The molecule has 0 aliphatic rings. The first-order valence-corrected chi connectivity index (χ1v) is 4.39. The summed E-state index contributed by atoms with van der Waals surface area (Å²) < 4.78 is 0. The molecular formula is C5H10N4OS. The Hall–Kier alpha value is -0.620. The molecule has 0 saturated carbocycles. The quantitative estimate of drug-likeness (QED) is 0.488. The van der Waals surface area contributed by atoms with Crippen LogP contribution in [-0.2, 0) is 0 Å². The minimum absolute atomic E-state index is 0.257. The van der Waals surface area contributed by atoms with Gasteiger partial charge in [-0.1, -0.05) is 11.8 Å². The van der Waals surface area contributed by atoms with Crippen LogP contribution in [0.3, 0.4) is 0 Å². The minimum Gasteiger partial charge on any atom is -0.396 e. The number of tetrazole rings is 1. The number of aliphatic hydroxyl groups is 1. The number of aliphatic hydroxyl groups excluding tert-OH is 1. The van der Waals surface area contributed by atoms with Gasteiger partial charge >= 0.3 is 0 Å². The maximum absolute atomic E-state index is 8.46. The molecule has 0 aliphatic heterocycles. The van der Waals surface area contributed by atoms with Gasteiger partial charge in [0.15, 0.2) is 0 Å². The normalized spacial score (nSPS) is 10.3. The van der Waals surface area contributed by atoms with E-state index < -0.39 is 0 Å². The molecule has 11 heavy (non-hydrogen) atoms. The first kappa shape index (κ1) is 8.48. The molecule has 1 aromatic rings. The summed E-state index contributed by atoms with van der Waals surface area (Å²) in [7, 11) is 0. The average Bonchev–Trinajstić information content (AvgIpc) is 2.50. The van der Waals surface area contributed by atoms with Crippen LogP contribution in [0.2, 0.25) is 0 Å². The molecule has 6 heteroatoms. The number of nitrogens with zero attached hydrogens (tertiary/aromatic N) is 3. The van der Waals surface area contributed by atoms with Crippen LogP contribution in [-0.4, -0.2) is 38.1 Å². The largest absolute Gasteiger partial charge is 0.396 e. The van der Waals surface area contributed by atoms with E-state index in [0.717, 1.165) is 18.6 Å². The van der Waals surface area contributed by atoms with Crippen molar-refractivity contribution in [1.29, 1.82) is 0 Å². The maximum atomic E-state index is 8.46. The Labute approximate surface area is 68.6 Å². The fraction of sp³-hybridized carbons (Fsp3) is 0.800. The van der Waals surface area contributed by atoms with Gasteiger partial charge in [0, 0.05) is 12.4 Å². The van der Waals surface area contributed by atoms with Gasteiger partial charge in [-0.3, -0.25) is 0 Å². The smallest absolute Gasteiger partial charge is 0.230 e. The van der Waals surface area contributed by atoms with E-state index in [9.17, 15) is 0 Å². The van der Waals surface area contributed by atoms with Crippen LogP contribution in [0.1, 0.15) is 12.8 Å². The molecule has 0 aliphatic carbocycles. The Morgan fingerprint density at radius 3 is 3.00 bits per heavy atom. The number of nitrogens with one attached hydrogen (secondary N) is 1. The molecule has 2 N–H and O–H groups in total. The highest BCUT2D eigenvalue weighted by Crippen LogP contribution is 2.11. The fourth-order valence-corrected chi connectivity index (χ4v) is 1.33. The fourth-order valence-electron chi connectivity index (χ4n) is 0.591. The van der Waals surface area contributed by atoms with Crippen molar-refractivity contribution < 1.29 is 5.11 Å². The van der Waals surface area contributed by atoms with Gasteiger partial charge in [-0.15, -0.1) is 10.2 Å². The number of unbranched alkanes of at least 4 members (excludes halogenated alkanes) is 1. The number of aromatic amines is 1. The molecule has 0 spiro atoms. The van der Waals surface area contributed by atoms with E-state index >= 15 is 0 Å². The van der Waals surface area contributed by atoms with Crippen LogP contribution in [0.5, 0.6) is 0 Å². The van der Waals surface area contributed by atoms with Crippen molar-refractivity contribution in [3.8, 4) is 0 Å². The van der Waals surface area contributed by atoms with E-state index in [-0.39, 0.29) is 6.61 Å². The van der Waals surface area contributed by atoms with Gasteiger partial charge in [-0.25, -0.2) is 0 Å². The standard InChI is InChI=1S/C5H10N4OS/c10-3-1-2-4-11-5-6-8-9-7-5/h10H,1-4H2,(H,6,7,8,9). The molecule has 0 fully saturated rings. The third-order valence-corrected chi connectivity index (χ3v) is 2.03. The second kappa shape index (κ2) is 5.09. The van der Waals surface area contributed by atoms with Gasteiger partial charge in [0.2, 0.25) is 5.16 Å². The van der Waals surface area contributed by atoms with Gasteiger partial charge in [0.25, 0.3) is 0 Å². The molecule has 5 nitrogen and oxygen atoms in total. The van der Waals surface area contributed by atoms with Gasteiger partial charge in [0.1, 0.15) is 0 Å². The van der Waals surface area contributed by atoms with Crippen molar-refractivity contribution in [1.82, 2.24) is 20.6 Å². The molecule has 0 aromatic carbocycles. The number of H-pyrrole nitrogens is 1. The molecule has 0 amide bonds. The van der Waals surface area contributed by atoms with Crippen LogP contribution in [0.15, 0.2) is 5.16 Å². The lowest BCUT2D eigenvalue weighted by molar-refractivity contribution is 0.287. The Kier molecular flexibility index (Phi) is 3.92. The molecule has 1 aromatic heterocycles. The monoisotopic (exact) mass is 174 g/mol. The van der Waals surface area contributed by atoms with Crippen molar-refractivity contribution in [2.75, 3.05) is 12.4 Å². The van der Waals surface area contributed by atoms with Crippen molar-refractivity contribution in [2.45, 2.75) is 18.0 Å². The van der Waals surface area contributed by atoms with Crippen molar-refractivity contribution in [3.05, 3.63) is 0 Å². The van der Waals surface area contributed by atoms with Crippen LogP contribution < -0.4 is 0 Å². The predicted octanol–water partition coefficient (Wildman–Crippen LogP) is 0.0643. The zero-order valence-electron chi connectivity index (χ0n) is 6.03. The molecule has 0 bridgehead atoms. The van der Waals surface area contributed by atoms with E-state index in [1.807, 2.05) is 0 Å². The van der Waals surface area contributed by atoms with Crippen LogP contribution in [0.25, 0.3) is 0 Å². The molecule has 0 radical (unpaired) electrons. The molecule has 0 saturated heterocycles. The number of hydrogen-bond acceptors (Lipinski definition) is 5. The van der Waals surface area contributed by atoms with Gasteiger partial charge in [0.05, 0.1) is 0 Å². The van der Waals surface area contributed by atoms with E-state index in [2.05, 4.69) is 20.6 Å². The SMILES string of the molecule is OCCCCSc1nn[nH]n1. The lowest BCUT2D eigenvalue weighted by atomic mass is 10.4. The van der Waals surface area contributed by atoms with E-state index in [0.29, 0.717) is 5.16 Å². The van der Waals surface area contributed by atoms with Crippen LogP contribution >= 0.6 is 11.8 Å². The Morgan fingerprint density at radius 2 is 2.36 bits per heavy atom. The Bertz CT molecular complexity index is 179. The molecule has 0 unspecified atom stereocenters. The lowest BCUT2D eigenvalue weighted by Crippen LogP contribution is -1.86. The second-order valence-electron chi connectivity index (χ2n) is 1.97. The number of hydrogen-bond donors (Lipinski definition) is 2. The summed E-state index contributed by atoms with van der Waals surface area (Å²) >= 11 is 1.54. The molecule has 62 valence electrons. The Balaban J connectivity index is 2.04. The van der Waals surface area contributed by atoms with Crippen molar-refractivity contribution in [2.24, 2.45) is 0 Å². The minimum atomic E-state index is 0.257. The second-order valence-corrected chi connectivity index (χ2v) is 3.04. The summed E-state index contributed by atoms with van der Waals surface area (Å²) in [6.45, 7) is 0.257. The number of thioether (sulfide) groups is 1. The first-order chi connectivity index (χ1) is 5.43. The van der Waals surface area contributed by atoms with E-state index in [1.165, 1.54) is 11.8 Å². The van der Waals surface area contributed by atoms with E-state index in [1.54, 1.807) is 0 Å². The zero-order valence-corrected chi connectivity index (χ0v) is 6.84. The molecule has 1 heterocycles.